The molecule has 1 N–H and O–H groups in total. The Morgan fingerprint density at radius 2 is 1.77 bits per heavy atom. The summed E-state index contributed by atoms with van der Waals surface area (Å²) in [5.74, 6) is 2.06. The van der Waals surface area contributed by atoms with Crippen molar-refractivity contribution in [3.8, 4) is 0 Å². The summed E-state index contributed by atoms with van der Waals surface area (Å²) in [6, 6.07) is 17.2. The molecule has 0 spiro atoms. The minimum atomic E-state index is 0.141. The van der Waals surface area contributed by atoms with Crippen molar-refractivity contribution in [3.05, 3.63) is 76.6 Å². The minimum Gasteiger partial charge on any atom is -0.356 e. The topological polar surface area (TPSA) is 59.8 Å². The first kappa shape index (κ1) is 21.6. The maximum absolute atomic E-state index is 12.1. The molecule has 0 aliphatic carbocycles. The molecular weight excluding hydrogens is 404 g/mol. The van der Waals surface area contributed by atoms with Crippen LogP contribution in [0.25, 0.3) is 0 Å². The lowest BCUT2D eigenvalue weighted by atomic mass is 10.1. The summed E-state index contributed by atoms with van der Waals surface area (Å²) in [7, 11) is 0. The average molecular weight is 435 g/mol. The summed E-state index contributed by atoms with van der Waals surface area (Å²) in [5, 5.41) is 13.1. The third-order valence-corrected chi connectivity index (χ3v) is 6.83. The van der Waals surface area contributed by atoms with E-state index >= 15 is 0 Å². The molecule has 2 bridgehead atoms. The van der Waals surface area contributed by atoms with Crippen molar-refractivity contribution >= 4 is 17.7 Å². The highest BCUT2D eigenvalue weighted by atomic mass is 32.2. The molecule has 0 unspecified atom stereocenters. The summed E-state index contributed by atoms with van der Waals surface area (Å²) in [5.41, 5.74) is 5.22. The SMILES string of the molecule is Cc1ccccc1CSc1nnc2n1CCc1cccc(c1)CCNC(=O)CCCC2. The van der Waals surface area contributed by atoms with Crippen LogP contribution in [0.3, 0.4) is 0 Å². The van der Waals surface area contributed by atoms with Crippen LogP contribution in [-0.4, -0.2) is 27.2 Å². The van der Waals surface area contributed by atoms with Crippen LogP contribution in [0.5, 0.6) is 0 Å². The van der Waals surface area contributed by atoms with Crippen molar-refractivity contribution in [2.75, 3.05) is 6.54 Å². The van der Waals surface area contributed by atoms with Crippen molar-refractivity contribution in [1.82, 2.24) is 20.1 Å². The van der Waals surface area contributed by atoms with Gasteiger partial charge in [-0.15, -0.1) is 10.2 Å². The number of carbonyl (C=O) groups is 1. The van der Waals surface area contributed by atoms with Gasteiger partial charge in [-0.1, -0.05) is 60.3 Å². The molecule has 31 heavy (non-hydrogen) atoms. The highest BCUT2D eigenvalue weighted by Crippen LogP contribution is 2.25. The van der Waals surface area contributed by atoms with Crippen LogP contribution in [0.1, 0.15) is 47.3 Å². The number of nitrogens with zero attached hydrogens (tertiary/aromatic N) is 3. The Kier molecular flexibility index (Phi) is 7.41. The third kappa shape index (κ3) is 5.97. The van der Waals surface area contributed by atoms with Gasteiger partial charge < -0.3 is 9.88 Å². The summed E-state index contributed by atoms with van der Waals surface area (Å²) in [6.45, 7) is 3.73. The zero-order valence-corrected chi connectivity index (χ0v) is 19.0. The lowest BCUT2D eigenvalue weighted by Gasteiger charge is -2.11. The number of amides is 1. The zero-order valence-electron chi connectivity index (χ0n) is 18.1. The maximum atomic E-state index is 12.1. The Labute approximate surface area is 188 Å². The van der Waals surface area contributed by atoms with E-state index in [1.165, 1.54) is 22.3 Å². The second-order valence-corrected chi connectivity index (χ2v) is 9.09. The van der Waals surface area contributed by atoms with Crippen molar-refractivity contribution < 1.29 is 4.79 Å². The summed E-state index contributed by atoms with van der Waals surface area (Å²) < 4.78 is 2.29. The first-order chi connectivity index (χ1) is 15.2. The van der Waals surface area contributed by atoms with Crippen molar-refractivity contribution in [1.29, 1.82) is 0 Å². The third-order valence-electron chi connectivity index (χ3n) is 5.82. The molecule has 2 aromatic carbocycles. The van der Waals surface area contributed by atoms with Crippen LogP contribution in [0.2, 0.25) is 0 Å². The van der Waals surface area contributed by atoms with Gasteiger partial charge in [-0.3, -0.25) is 4.79 Å². The van der Waals surface area contributed by atoms with Gasteiger partial charge in [0, 0.05) is 31.7 Å². The molecule has 0 atom stereocenters. The molecule has 2 heterocycles. The smallest absolute Gasteiger partial charge is 0.220 e. The minimum absolute atomic E-state index is 0.141. The Bertz CT molecular complexity index is 1030. The Hall–Kier alpha value is -2.60. The van der Waals surface area contributed by atoms with E-state index in [0.29, 0.717) is 13.0 Å². The van der Waals surface area contributed by atoms with Gasteiger partial charge in [-0.05, 0) is 54.9 Å². The number of fused-ring (bicyclic) bond motifs is 3. The Morgan fingerprint density at radius 1 is 0.968 bits per heavy atom. The van der Waals surface area contributed by atoms with Gasteiger partial charge in [0.15, 0.2) is 5.16 Å². The van der Waals surface area contributed by atoms with E-state index in [1.807, 2.05) is 0 Å². The van der Waals surface area contributed by atoms with Gasteiger partial charge in [0.25, 0.3) is 0 Å². The van der Waals surface area contributed by atoms with Crippen LogP contribution in [0, 0.1) is 6.92 Å². The molecular formula is C25H30N4OS. The summed E-state index contributed by atoms with van der Waals surface area (Å²) in [6.07, 6.45) is 5.06. The average Bonchev–Trinajstić information content (AvgIpc) is 3.16. The monoisotopic (exact) mass is 434 g/mol. The number of rotatable bonds is 3. The van der Waals surface area contributed by atoms with Crippen LogP contribution in [-0.2, 0) is 36.4 Å². The molecule has 4 rings (SSSR count). The second-order valence-electron chi connectivity index (χ2n) is 8.14. The molecule has 1 aliphatic rings. The second kappa shape index (κ2) is 10.6. The predicted molar refractivity (Wildman–Crippen MR) is 125 cm³/mol. The molecule has 0 saturated carbocycles. The highest BCUT2D eigenvalue weighted by Gasteiger charge is 2.14. The van der Waals surface area contributed by atoms with Crippen molar-refractivity contribution in [3.63, 3.8) is 0 Å². The predicted octanol–water partition coefficient (Wildman–Crippen LogP) is 4.51. The van der Waals surface area contributed by atoms with Crippen LogP contribution in [0.4, 0.5) is 0 Å². The normalized spacial score (nSPS) is 15.5. The van der Waals surface area contributed by atoms with E-state index in [0.717, 1.165) is 55.4 Å². The van der Waals surface area contributed by atoms with Gasteiger partial charge in [-0.25, -0.2) is 0 Å². The lowest BCUT2D eigenvalue weighted by Crippen LogP contribution is -2.25. The van der Waals surface area contributed by atoms with Gasteiger partial charge in [0.1, 0.15) is 5.82 Å². The standard InChI is InChI=1S/C25H30N4OS/c1-19-7-2-3-10-22(19)18-31-25-28-27-23-11-4-5-12-24(30)26-15-13-20-8-6-9-21(17-20)14-16-29(23)25/h2-3,6-10,17H,4-5,11-16,18H2,1H3,(H,26,30). The number of hydrogen-bond donors (Lipinski definition) is 1. The number of aryl methyl sites for hydroxylation is 3. The molecule has 5 nitrogen and oxygen atoms in total. The van der Waals surface area contributed by atoms with Gasteiger partial charge >= 0.3 is 0 Å². The molecule has 0 saturated heterocycles. The largest absolute Gasteiger partial charge is 0.356 e. The number of nitrogens with one attached hydrogen (secondary N) is 1. The van der Waals surface area contributed by atoms with Gasteiger partial charge in [0.05, 0.1) is 0 Å². The maximum Gasteiger partial charge on any atom is 0.220 e. The number of aromatic nitrogens is 3. The highest BCUT2D eigenvalue weighted by molar-refractivity contribution is 7.98. The quantitative estimate of drug-likeness (QED) is 0.617. The first-order valence-electron chi connectivity index (χ1n) is 11.1. The van der Waals surface area contributed by atoms with Crippen LogP contribution < -0.4 is 5.32 Å². The number of carbonyl (C=O) groups excluding carboxylic acids is 1. The molecule has 6 heteroatoms. The van der Waals surface area contributed by atoms with E-state index in [4.69, 9.17) is 0 Å². The van der Waals surface area contributed by atoms with Crippen molar-refractivity contribution in [2.45, 2.75) is 62.9 Å². The molecule has 1 aliphatic heterocycles. The first-order valence-corrected chi connectivity index (χ1v) is 12.1. The van der Waals surface area contributed by atoms with Gasteiger partial charge in [-0.2, -0.15) is 0 Å². The van der Waals surface area contributed by atoms with E-state index in [-0.39, 0.29) is 5.91 Å². The fourth-order valence-electron chi connectivity index (χ4n) is 3.93. The summed E-state index contributed by atoms with van der Waals surface area (Å²) >= 11 is 1.76. The molecule has 0 fully saturated rings. The van der Waals surface area contributed by atoms with E-state index in [2.05, 4.69) is 75.5 Å². The van der Waals surface area contributed by atoms with E-state index < -0.39 is 0 Å². The van der Waals surface area contributed by atoms with Crippen LogP contribution >= 0.6 is 11.8 Å². The lowest BCUT2D eigenvalue weighted by molar-refractivity contribution is -0.121. The van der Waals surface area contributed by atoms with Crippen LogP contribution in [0.15, 0.2) is 53.7 Å². The molecule has 0 radical (unpaired) electrons. The van der Waals surface area contributed by atoms with E-state index in [9.17, 15) is 4.79 Å². The number of benzene rings is 2. The van der Waals surface area contributed by atoms with Gasteiger partial charge in [0.2, 0.25) is 5.91 Å². The summed E-state index contributed by atoms with van der Waals surface area (Å²) in [4.78, 5) is 12.1. The number of hydrogen-bond acceptors (Lipinski definition) is 4. The Balaban J connectivity index is 1.54. The molecule has 1 aromatic heterocycles. The molecule has 1 amide bonds. The Morgan fingerprint density at radius 3 is 2.65 bits per heavy atom. The van der Waals surface area contributed by atoms with E-state index in [1.54, 1.807) is 11.8 Å². The fraction of sp³-hybridized carbons (Fsp3) is 0.400. The zero-order chi connectivity index (χ0) is 21.5. The molecule has 3 aromatic rings. The van der Waals surface area contributed by atoms with Crippen molar-refractivity contribution in [2.24, 2.45) is 0 Å². The fourth-order valence-corrected chi connectivity index (χ4v) is 4.99. The molecule has 162 valence electrons. The number of thioether (sulfide) groups is 1.